The molecule has 2 aromatic heterocycles. The molecule has 0 amide bonds. The lowest BCUT2D eigenvalue weighted by molar-refractivity contribution is 1.08. The first-order valence-corrected chi connectivity index (χ1v) is 11.1. The molecule has 0 radical (unpaired) electrons. The minimum absolute atomic E-state index is 0.854. The van der Waals surface area contributed by atoms with Crippen molar-refractivity contribution in [3.8, 4) is 39.6 Å². The van der Waals surface area contributed by atoms with Gasteiger partial charge in [-0.05, 0) is 24.3 Å². The van der Waals surface area contributed by atoms with Gasteiger partial charge in [-0.15, -0.1) is 0 Å². The molecule has 0 bridgehead atoms. The molecule has 32 heavy (non-hydrogen) atoms. The molecule has 0 aliphatic carbocycles. The molecular formula is C27H18N4S. The minimum atomic E-state index is 0.854. The Morgan fingerprint density at radius 3 is 1.97 bits per heavy atom. The number of nitrogens with zero attached hydrogens (tertiary/aromatic N) is 4. The highest BCUT2D eigenvalue weighted by Crippen LogP contribution is 2.39. The van der Waals surface area contributed by atoms with Crippen LogP contribution >= 0.6 is 11.7 Å². The van der Waals surface area contributed by atoms with Crippen LogP contribution in [0.4, 0.5) is 0 Å². The van der Waals surface area contributed by atoms with Gasteiger partial charge >= 0.3 is 0 Å². The van der Waals surface area contributed by atoms with Crippen LogP contribution in [0, 0.1) is 0 Å². The van der Waals surface area contributed by atoms with Crippen molar-refractivity contribution >= 4 is 22.8 Å². The predicted octanol–water partition coefficient (Wildman–Crippen LogP) is 6.88. The van der Waals surface area contributed by atoms with Gasteiger partial charge in [0.1, 0.15) is 16.9 Å². The fourth-order valence-electron chi connectivity index (χ4n) is 4.08. The van der Waals surface area contributed by atoms with E-state index >= 15 is 0 Å². The summed E-state index contributed by atoms with van der Waals surface area (Å²) in [6, 6.07) is 37.3. The van der Waals surface area contributed by atoms with Gasteiger partial charge < -0.3 is 0 Å². The maximum atomic E-state index is 5.23. The van der Waals surface area contributed by atoms with E-state index in [4.69, 9.17) is 4.98 Å². The first-order valence-electron chi connectivity index (χ1n) is 10.4. The smallest absolute Gasteiger partial charge is 0.148 e. The molecule has 0 saturated carbocycles. The number of aromatic nitrogens is 4. The van der Waals surface area contributed by atoms with Crippen molar-refractivity contribution in [1.82, 2.24) is 18.3 Å². The van der Waals surface area contributed by atoms with Crippen LogP contribution in [0.1, 0.15) is 0 Å². The van der Waals surface area contributed by atoms with Crippen molar-refractivity contribution in [2.75, 3.05) is 0 Å². The standard InChI is InChI=1S/C27H18N4S/c1-4-11-19(12-5-1)24-26(20-13-6-2-7-14-20)31(21-15-8-3-9-16-21)27(28-24)22-17-10-18-23-25(22)30-32-29-23/h1-18H. The number of hydrogen-bond donors (Lipinski definition) is 0. The molecule has 0 aliphatic heterocycles. The molecule has 0 saturated heterocycles. The van der Waals surface area contributed by atoms with Gasteiger partial charge in [-0.25, -0.2) is 4.98 Å². The largest absolute Gasteiger partial charge is 0.292 e. The molecule has 0 unspecified atom stereocenters. The summed E-state index contributed by atoms with van der Waals surface area (Å²) in [7, 11) is 0. The third-order valence-electron chi connectivity index (χ3n) is 5.51. The molecule has 6 aromatic rings. The summed E-state index contributed by atoms with van der Waals surface area (Å²) in [5, 5.41) is 0. The molecule has 0 fully saturated rings. The Bertz CT molecular complexity index is 1500. The molecule has 6 rings (SSSR count). The molecular weight excluding hydrogens is 412 g/mol. The van der Waals surface area contributed by atoms with E-state index in [-0.39, 0.29) is 0 Å². The van der Waals surface area contributed by atoms with Crippen molar-refractivity contribution in [3.05, 3.63) is 109 Å². The van der Waals surface area contributed by atoms with Crippen molar-refractivity contribution in [2.24, 2.45) is 0 Å². The van der Waals surface area contributed by atoms with Gasteiger partial charge in [-0.1, -0.05) is 84.9 Å². The Hall–Kier alpha value is -4.09. The van der Waals surface area contributed by atoms with Gasteiger partial charge in [-0.2, -0.15) is 8.75 Å². The van der Waals surface area contributed by atoms with Gasteiger partial charge in [0, 0.05) is 22.4 Å². The fraction of sp³-hybridized carbons (Fsp3) is 0. The molecule has 2 heterocycles. The summed E-state index contributed by atoms with van der Waals surface area (Å²) in [5.41, 5.74) is 7.96. The maximum absolute atomic E-state index is 5.23. The van der Waals surface area contributed by atoms with E-state index < -0.39 is 0 Å². The summed E-state index contributed by atoms with van der Waals surface area (Å²) in [5.74, 6) is 0.854. The summed E-state index contributed by atoms with van der Waals surface area (Å²) in [4.78, 5) is 5.23. The Labute approximate surface area is 189 Å². The fourth-order valence-corrected chi connectivity index (χ4v) is 4.63. The van der Waals surface area contributed by atoms with Gasteiger partial charge in [0.05, 0.1) is 23.1 Å². The first-order chi connectivity index (χ1) is 15.9. The topological polar surface area (TPSA) is 43.6 Å². The zero-order valence-electron chi connectivity index (χ0n) is 17.1. The summed E-state index contributed by atoms with van der Waals surface area (Å²) >= 11 is 1.23. The lowest BCUT2D eigenvalue weighted by Crippen LogP contribution is -2.00. The van der Waals surface area contributed by atoms with Crippen molar-refractivity contribution in [1.29, 1.82) is 0 Å². The van der Waals surface area contributed by atoms with Crippen molar-refractivity contribution in [3.63, 3.8) is 0 Å². The molecule has 0 atom stereocenters. The zero-order chi connectivity index (χ0) is 21.3. The Kier molecular flexibility index (Phi) is 4.59. The summed E-state index contributed by atoms with van der Waals surface area (Å²) in [6.07, 6.45) is 0. The van der Waals surface area contributed by atoms with E-state index in [9.17, 15) is 0 Å². The van der Waals surface area contributed by atoms with E-state index in [0.29, 0.717) is 0 Å². The molecule has 0 spiro atoms. The average molecular weight is 431 g/mol. The third-order valence-corrected chi connectivity index (χ3v) is 6.06. The summed E-state index contributed by atoms with van der Waals surface area (Å²) < 4.78 is 11.3. The molecule has 5 heteroatoms. The average Bonchev–Trinajstić information content (AvgIpc) is 3.51. The SMILES string of the molecule is c1ccc(-c2nc(-c3cccc4nsnc34)n(-c3ccccc3)c2-c2ccccc2)cc1. The van der Waals surface area contributed by atoms with Gasteiger partial charge in [0.15, 0.2) is 0 Å². The number of benzene rings is 4. The second kappa shape index (κ2) is 7.87. The van der Waals surface area contributed by atoms with Crippen LogP contribution in [0.15, 0.2) is 109 Å². The van der Waals surface area contributed by atoms with Crippen LogP contribution in [0.5, 0.6) is 0 Å². The number of imidazole rings is 1. The molecule has 0 aliphatic rings. The summed E-state index contributed by atoms with van der Waals surface area (Å²) in [6.45, 7) is 0. The van der Waals surface area contributed by atoms with Crippen molar-refractivity contribution < 1.29 is 0 Å². The molecule has 4 aromatic carbocycles. The lowest BCUT2D eigenvalue weighted by atomic mass is 10.0. The van der Waals surface area contributed by atoms with Gasteiger partial charge in [0.2, 0.25) is 0 Å². The highest BCUT2D eigenvalue weighted by Gasteiger charge is 2.23. The monoisotopic (exact) mass is 430 g/mol. The Morgan fingerprint density at radius 1 is 0.594 bits per heavy atom. The predicted molar refractivity (Wildman–Crippen MR) is 131 cm³/mol. The van der Waals surface area contributed by atoms with E-state index in [1.54, 1.807) is 0 Å². The van der Waals surface area contributed by atoms with E-state index in [1.807, 2.05) is 30.3 Å². The van der Waals surface area contributed by atoms with Crippen LogP contribution < -0.4 is 0 Å². The van der Waals surface area contributed by atoms with Crippen LogP contribution in [-0.4, -0.2) is 18.3 Å². The zero-order valence-corrected chi connectivity index (χ0v) is 17.9. The normalized spacial score (nSPS) is 11.1. The van der Waals surface area contributed by atoms with E-state index in [2.05, 4.69) is 92.2 Å². The van der Waals surface area contributed by atoms with E-state index in [1.165, 1.54) is 11.7 Å². The van der Waals surface area contributed by atoms with Crippen LogP contribution in [0.3, 0.4) is 0 Å². The second-order valence-electron chi connectivity index (χ2n) is 7.47. The van der Waals surface area contributed by atoms with Crippen LogP contribution in [0.2, 0.25) is 0 Å². The van der Waals surface area contributed by atoms with Crippen molar-refractivity contribution in [2.45, 2.75) is 0 Å². The molecule has 0 N–H and O–H groups in total. The van der Waals surface area contributed by atoms with Gasteiger partial charge in [0.25, 0.3) is 0 Å². The van der Waals surface area contributed by atoms with Gasteiger partial charge in [-0.3, -0.25) is 4.57 Å². The number of para-hydroxylation sites is 1. The highest BCUT2D eigenvalue weighted by atomic mass is 32.1. The first kappa shape index (κ1) is 18.7. The lowest BCUT2D eigenvalue weighted by Gasteiger charge is -2.13. The number of rotatable bonds is 4. The van der Waals surface area contributed by atoms with E-state index in [0.717, 1.165) is 50.6 Å². The van der Waals surface area contributed by atoms with Crippen LogP contribution in [0.25, 0.3) is 50.6 Å². The Balaban J connectivity index is 1.76. The maximum Gasteiger partial charge on any atom is 0.148 e. The number of fused-ring (bicyclic) bond motifs is 1. The third kappa shape index (κ3) is 3.11. The van der Waals surface area contributed by atoms with Crippen LogP contribution in [-0.2, 0) is 0 Å². The quantitative estimate of drug-likeness (QED) is 0.306. The number of hydrogen-bond acceptors (Lipinski definition) is 4. The minimum Gasteiger partial charge on any atom is -0.292 e. The molecule has 4 nitrogen and oxygen atoms in total. The molecule has 152 valence electrons. The Morgan fingerprint density at radius 2 is 1.25 bits per heavy atom. The second-order valence-corrected chi connectivity index (χ2v) is 8.00. The highest BCUT2D eigenvalue weighted by molar-refractivity contribution is 7.00.